The predicted octanol–water partition coefficient (Wildman–Crippen LogP) is 2.45. The first-order chi connectivity index (χ1) is 13.2. The van der Waals surface area contributed by atoms with Gasteiger partial charge in [0.25, 0.3) is 5.91 Å². The molecule has 1 amide bonds. The second kappa shape index (κ2) is 7.73. The zero-order valence-electron chi connectivity index (χ0n) is 15.0. The molecule has 0 atom stereocenters. The van der Waals surface area contributed by atoms with Crippen LogP contribution in [0.1, 0.15) is 22.3 Å². The summed E-state index contributed by atoms with van der Waals surface area (Å²) in [5.74, 6) is -0.525. The Balaban J connectivity index is 1.43. The highest BCUT2D eigenvalue weighted by Gasteiger charge is 2.16. The number of carbonyl (C=O) groups excluding carboxylic acids is 1. The van der Waals surface area contributed by atoms with E-state index < -0.39 is 5.91 Å². The lowest BCUT2D eigenvalue weighted by molar-refractivity contribution is -0.124. The van der Waals surface area contributed by atoms with Crippen LogP contribution in [-0.2, 0) is 24.2 Å². The van der Waals surface area contributed by atoms with Gasteiger partial charge >= 0.3 is 0 Å². The second-order valence-electron chi connectivity index (χ2n) is 6.81. The number of hydroxylamine groups is 1. The third-order valence-corrected chi connectivity index (χ3v) is 5.06. The van der Waals surface area contributed by atoms with Crippen LogP contribution in [0.3, 0.4) is 0 Å². The standard InChI is InChI=1S/C21H22N4O2/c26-21(23-27)7-5-16-4-6-17-8-11-24(15-19(17)13-16)12-9-18-14-22-25-10-2-1-3-20(18)25/h1-7,10,13-14,27H,8-9,11-12,15H2,(H,23,26). The fraction of sp³-hybridized carbons (Fsp3) is 0.238. The monoisotopic (exact) mass is 362 g/mol. The van der Waals surface area contributed by atoms with Crippen LogP contribution in [0, 0.1) is 0 Å². The van der Waals surface area contributed by atoms with E-state index in [2.05, 4.69) is 28.2 Å². The SMILES string of the molecule is O=C(C=Cc1ccc2c(c1)CN(CCc1cnn3ccccc13)CC2)NO. The molecule has 3 heterocycles. The Morgan fingerprint density at radius 2 is 2.19 bits per heavy atom. The van der Waals surface area contributed by atoms with Crippen LogP contribution in [-0.4, -0.2) is 38.7 Å². The highest BCUT2D eigenvalue weighted by atomic mass is 16.5. The van der Waals surface area contributed by atoms with Crippen LogP contribution in [0.4, 0.5) is 0 Å². The normalized spacial score (nSPS) is 14.6. The number of carbonyl (C=O) groups is 1. The highest BCUT2D eigenvalue weighted by Crippen LogP contribution is 2.22. The van der Waals surface area contributed by atoms with E-state index in [4.69, 9.17) is 5.21 Å². The fourth-order valence-electron chi connectivity index (χ4n) is 3.60. The summed E-state index contributed by atoms with van der Waals surface area (Å²) in [5, 5.41) is 13.0. The summed E-state index contributed by atoms with van der Waals surface area (Å²) >= 11 is 0. The minimum absolute atomic E-state index is 0.525. The Hall–Kier alpha value is -2.96. The van der Waals surface area contributed by atoms with Gasteiger partial charge in [0.1, 0.15) is 0 Å². The number of rotatable bonds is 5. The van der Waals surface area contributed by atoms with Gasteiger partial charge in [-0.1, -0.05) is 24.3 Å². The molecule has 0 radical (unpaired) electrons. The average Bonchev–Trinajstić information content (AvgIpc) is 3.13. The highest BCUT2D eigenvalue weighted by molar-refractivity contribution is 5.90. The second-order valence-corrected chi connectivity index (χ2v) is 6.81. The van der Waals surface area contributed by atoms with E-state index >= 15 is 0 Å². The van der Waals surface area contributed by atoms with Crippen molar-refractivity contribution >= 4 is 17.5 Å². The number of pyridine rings is 1. The van der Waals surface area contributed by atoms with Crippen molar-refractivity contribution in [3.05, 3.63) is 77.1 Å². The lowest BCUT2D eigenvalue weighted by Crippen LogP contribution is -2.32. The average molecular weight is 362 g/mol. The summed E-state index contributed by atoms with van der Waals surface area (Å²) in [4.78, 5) is 13.6. The molecule has 0 saturated heterocycles. The van der Waals surface area contributed by atoms with Gasteiger partial charge in [-0.05, 0) is 53.3 Å². The Bertz CT molecular complexity index is 993. The van der Waals surface area contributed by atoms with Crippen molar-refractivity contribution in [3.8, 4) is 0 Å². The van der Waals surface area contributed by atoms with Gasteiger partial charge in [-0.2, -0.15) is 5.10 Å². The first-order valence-corrected chi connectivity index (χ1v) is 9.10. The third-order valence-electron chi connectivity index (χ3n) is 5.06. The van der Waals surface area contributed by atoms with Crippen LogP contribution >= 0.6 is 0 Å². The van der Waals surface area contributed by atoms with E-state index in [0.29, 0.717) is 0 Å². The van der Waals surface area contributed by atoms with Gasteiger partial charge in [0.2, 0.25) is 0 Å². The molecule has 1 aliphatic rings. The molecule has 2 aromatic heterocycles. The number of benzene rings is 1. The summed E-state index contributed by atoms with van der Waals surface area (Å²) in [7, 11) is 0. The quantitative estimate of drug-likeness (QED) is 0.416. The molecule has 0 unspecified atom stereocenters. The van der Waals surface area contributed by atoms with Crippen molar-refractivity contribution in [2.24, 2.45) is 0 Å². The molecule has 3 aromatic rings. The summed E-state index contributed by atoms with van der Waals surface area (Å²) < 4.78 is 1.92. The van der Waals surface area contributed by atoms with E-state index in [1.807, 2.05) is 35.1 Å². The van der Waals surface area contributed by atoms with Crippen LogP contribution in [0.2, 0.25) is 0 Å². The molecular formula is C21H22N4O2. The zero-order valence-corrected chi connectivity index (χ0v) is 15.0. The number of nitrogens with zero attached hydrogens (tertiary/aromatic N) is 3. The Labute approximate surface area is 157 Å². The first-order valence-electron chi connectivity index (χ1n) is 9.10. The van der Waals surface area contributed by atoms with Crippen molar-refractivity contribution in [1.82, 2.24) is 20.0 Å². The van der Waals surface area contributed by atoms with E-state index in [-0.39, 0.29) is 0 Å². The van der Waals surface area contributed by atoms with Crippen LogP contribution in [0.5, 0.6) is 0 Å². The maximum absolute atomic E-state index is 11.2. The summed E-state index contributed by atoms with van der Waals surface area (Å²) in [6, 6.07) is 12.4. The molecule has 1 aromatic carbocycles. The van der Waals surface area contributed by atoms with E-state index in [1.54, 1.807) is 11.6 Å². The van der Waals surface area contributed by atoms with Crippen molar-refractivity contribution in [2.45, 2.75) is 19.4 Å². The van der Waals surface area contributed by atoms with Gasteiger partial charge in [0, 0.05) is 31.9 Å². The molecule has 6 heteroatoms. The number of fused-ring (bicyclic) bond motifs is 2. The Morgan fingerprint density at radius 1 is 1.26 bits per heavy atom. The maximum atomic E-state index is 11.2. The summed E-state index contributed by atoms with van der Waals surface area (Å²) in [6.07, 6.45) is 8.98. The minimum atomic E-state index is -0.525. The number of nitrogens with one attached hydrogen (secondary N) is 1. The lowest BCUT2D eigenvalue weighted by Gasteiger charge is -2.29. The van der Waals surface area contributed by atoms with Crippen LogP contribution in [0.15, 0.2) is 54.9 Å². The number of aromatic nitrogens is 2. The van der Waals surface area contributed by atoms with E-state index in [9.17, 15) is 4.79 Å². The minimum Gasteiger partial charge on any atom is -0.298 e. The topological polar surface area (TPSA) is 69.9 Å². The molecule has 0 aliphatic carbocycles. The number of hydrogen-bond acceptors (Lipinski definition) is 4. The zero-order chi connectivity index (χ0) is 18.6. The smallest absolute Gasteiger partial charge is 0.267 e. The van der Waals surface area contributed by atoms with Gasteiger partial charge in [0.05, 0.1) is 11.7 Å². The molecule has 0 spiro atoms. The number of hydrogen-bond donors (Lipinski definition) is 2. The van der Waals surface area contributed by atoms with E-state index in [1.165, 1.54) is 28.3 Å². The summed E-state index contributed by atoms with van der Waals surface area (Å²) in [5.41, 5.74) is 7.67. The van der Waals surface area contributed by atoms with Gasteiger partial charge in [-0.25, -0.2) is 10.00 Å². The summed E-state index contributed by atoms with van der Waals surface area (Å²) in [6.45, 7) is 2.94. The fourth-order valence-corrected chi connectivity index (χ4v) is 3.60. The van der Waals surface area contributed by atoms with Crippen LogP contribution in [0.25, 0.3) is 11.6 Å². The molecule has 27 heavy (non-hydrogen) atoms. The van der Waals surface area contributed by atoms with Crippen molar-refractivity contribution < 1.29 is 10.0 Å². The molecule has 2 N–H and O–H groups in total. The molecule has 6 nitrogen and oxygen atoms in total. The molecular weight excluding hydrogens is 340 g/mol. The first kappa shape index (κ1) is 17.5. The van der Waals surface area contributed by atoms with Crippen LogP contribution < -0.4 is 5.48 Å². The molecule has 1 aliphatic heterocycles. The predicted molar refractivity (Wildman–Crippen MR) is 103 cm³/mol. The molecule has 0 saturated carbocycles. The van der Waals surface area contributed by atoms with Crippen molar-refractivity contribution in [3.63, 3.8) is 0 Å². The van der Waals surface area contributed by atoms with Gasteiger partial charge in [0.15, 0.2) is 0 Å². The molecule has 4 rings (SSSR count). The van der Waals surface area contributed by atoms with Crippen molar-refractivity contribution in [1.29, 1.82) is 0 Å². The lowest BCUT2D eigenvalue weighted by atomic mass is 9.97. The molecule has 0 fully saturated rings. The van der Waals surface area contributed by atoms with Gasteiger partial charge in [-0.3, -0.25) is 14.9 Å². The maximum Gasteiger partial charge on any atom is 0.267 e. The molecule has 138 valence electrons. The number of amides is 1. The molecule has 0 bridgehead atoms. The van der Waals surface area contributed by atoms with Gasteiger partial charge < -0.3 is 0 Å². The van der Waals surface area contributed by atoms with E-state index in [0.717, 1.165) is 38.0 Å². The largest absolute Gasteiger partial charge is 0.298 e. The Kier molecular flexibility index (Phi) is 5.00. The van der Waals surface area contributed by atoms with Crippen molar-refractivity contribution in [2.75, 3.05) is 13.1 Å². The Morgan fingerprint density at radius 3 is 3.07 bits per heavy atom. The van der Waals surface area contributed by atoms with Gasteiger partial charge in [-0.15, -0.1) is 0 Å². The third kappa shape index (κ3) is 3.92.